The molecular formula is C17H16FN5. The van der Waals surface area contributed by atoms with Crippen LogP contribution in [0, 0.1) is 12.7 Å². The number of anilines is 3. The van der Waals surface area contributed by atoms with Crippen LogP contribution in [0.4, 0.5) is 21.8 Å². The lowest BCUT2D eigenvalue weighted by Gasteiger charge is -2.10. The molecule has 0 radical (unpaired) electrons. The maximum Gasteiger partial charge on any atom is 0.229 e. The van der Waals surface area contributed by atoms with Crippen molar-refractivity contribution in [3.63, 3.8) is 0 Å². The van der Waals surface area contributed by atoms with Crippen molar-refractivity contribution in [2.45, 2.75) is 13.5 Å². The van der Waals surface area contributed by atoms with Crippen molar-refractivity contribution in [3.8, 4) is 0 Å². The van der Waals surface area contributed by atoms with Crippen molar-refractivity contribution in [1.29, 1.82) is 0 Å². The Hall–Kier alpha value is -3.02. The Morgan fingerprint density at radius 1 is 1.04 bits per heavy atom. The van der Waals surface area contributed by atoms with Gasteiger partial charge in [-0.25, -0.2) is 9.37 Å². The molecule has 0 aliphatic carbocycles. The van der Waals surface area contributed by atoms with E-state index in [9.17, 15) is 4.39 Å². The van der Waals surface area contributed by atoms with Gasteiger partial charge in [0, 0.05) is 36.4 Å². The SMILES string of the molecule is Cc1cc(NCc2ccncc2)nc(Nc2cccc(F)c2)n1. The molecule has 0 saturated carbocycles. The minimum Gasteiger partial charge on any atom is -0.366 e. The molecule has 0 unspecified atom stereocenters. The number of aryl methyl sites for hydroxylation is 1. The van der Waals surface area contributed by atoms with Gasteiger partial charge < -0.3 is 10.6 Å². The molecule has 0 fully saturated rings. The summed E-state index contributed by atoms with van der Waals surface area (Å²) in [5, 5.41) is 6.26. The van der Waals surface area contributed by atoms with Gasteiger partial charge in [0.1, 0.15) is 11.6 Å². The van der Waals surface area contributed by atoms with Crippen molar-refractivity contribution in [2.24, 2.45) is 0 Å². The van der Waals surface area contributed by atoms with E-state index in [2.05, 4.69) is 25.6 Å². The van der Waals surface area contributed by atoms with E-state index in [1.807, 2.05) is 25.1 Å². The quantitative estimate of drug-likeness (QED) is 0.753. The zero-order chi connectivity index (χ0) is 16.1. The Morgan fingerprint density at radius 3 is 2.65 bits per heavy atom. The summed E-state index contributed by atoms with van der Waals surface area (Å²) in [6.07, 6.45) is 3.50. The maximum absolute atomic E-state index is 13.2. The number of hydrogen-bond donors (Lipinski definition) is 2. The second kappa shape index (κ2) is 6.83. The molecule has 3 aromatic rings. The third kappa shape index (κ3) is 4.23. The lowest BCUT2D eigenvalue weighted by atomic mass is 10.3. The van der Waals surface area contributed by atoms with E-state index in [1.165, 1.54) is 12.1 Å². The van der Waals surface area contributed by atoms with Gasteiger partial charge in [0.2, 0.25) is 5.95 Å². The predicted octanol–water partition coefficient (Wildman–Crippen LogP) is 3.67. The topological polar surface area (TPSA) is 62.7 Å². The fraction of sp³-hybridized carbons (Fsp3) is 0.118. The van der Waals surface area contributed by atoms with Crippen LogP contribution in [0.5, 0.6) is 0 Å². The summed E-state index contributed by atoms with van der Waals surface area (Å²) in [5.74, 6) is 0.819. The first-order valence-electron chi connectivity index (χ1n) is 7.20. The first-order chi connectivity index (χ1) is 11.2. The zero-order valence-corrected chi connectivity index (χ0v) is 12.6. The number of hydrogen-bond acceptors (Lipinski definition) is 5. The van der Waals surface area contributed by atoms with Crippen molar-refractivity contribution in [3.05, 3.63) is 71.9 Å². The highest BCUT2D eigenvalue weighted by atomic mass is 19.1. The standard InChI is InChI=1S/C17H16FN5/c1-12-9-16(20-11-13-5-7-19-8-6-13)23-17(21-12)22-15-4-2-3-14(18)10-15/h2-10H,11H2,1H3,(H2,20,21,22,23). The van der Waals surface area contributed by atoms with Crippen molar-refractivity contribution < 1.29 is 4.39 Å². The molecule has 23 heavy (non-hydrogen) atoms. The highest BCUT2D eigenvalue weighted by Crippen LogP contribution is 2.17. The van der Waals surface area contributed by atoms with Crippen molar-refractivity contribution in [1.82, 2.24) is 15.0 Å². The molecule has 0 spiro atoms. The lowest BCUT2D eigenvalue weighted by molar-refractivity contribution is 0.628. The van der Waals surface area contributed by atoms with E-state index in [0.717, 1.165) is 11.3 Å². The van der Waals surface area contributed by atoms with Crippen LogP contribution in [0.3, 0.4) is 0 Å². The summed E-state index contributed by atoms with van der Waals surface area (Å²) in [7, 11) is 0. The van der Waals surface area contributed by atoms with Crippen LogP contribution in [-0.2, 0) is 6.54 Å². The van der Waals surface area contributed by atoms with E-state index < -0.39 is 0 Å². The smallest absolute Gasteiger partial charge is 0.229 e. The molecule has 2 N–H and O–H groups in total. The number of aromatic nitrogens is 3. The van der Waals surface area contributed by atoms with Gasteiger partial charge in [-0.05, 0) is 42.8 Å². The first kappa shape index (κ1) is 14.9. The molecular weight excluding hydrogens is 293 g/mol. The van der Waals surface area contributed by atoms with Crippen LogP contribution >= 0.6 is 0 Å². The van der Waals surface area contributed by atoms with E-state index in [4.69, 9.17) is 0 Å². The van der Waals surface area contributed by atoms with Gasteiger partial charge in [0.15, 0.2) is 0 Å². The summed E-state index contributed by atoms with van der Waals surface area (Å²) in [5.41, 5.74) is 2.53. The molecule has 1 aromatic carbocycles. The van der Waals surface area contributed by atoms with Crippen LogP contribution in [0.15, 0.2) is 54.9 Å². The van der Waals surface area contributed by atoms with Crippen LogP contribution in [0.25, 0.3) is 0 Å². The van der Waals surface area contributed by atoms with Gasteiger partial charge in [0.05, 0.1) is 0 Å². The average molecular weight is 309 g/mol. The summed E-state index contributed by atoms with van der Waals surface area (Å²) in [4.78, 5) is 12.7. The molecule has 0 bridgehead atoms. The molecule has 0 saturated heterocycles. The Kier molecular flexibility index (Phi) is 4.42. The van der Waals surface area contributed by atoms with E-state index in [-0.39, 0.29) is 5.82 Å². The molecule has 5 nitrogen and oxygen atoms in total. The van der Waals surface area contributed by atoms with E-state index in [1.54, 1.807) is 24.5 Å². The first-order valence-corrected chi connectivity index (χ1v) is 7.20. The number of nitrogens with one attached hydrogen (secondary N) is 2. The van der Waals surface area contributed by atoms with Crippen LogP contribution in [-0.4, -0.2) is 15.0 Å². The maximum atomic E-state index is 13.2. The molecule has 2 heterocycles. The molecule has 0 amide bonds. The molecule has 0 aliphatic rings. The summed E-state index contributed by atoms with van der Waals surface area (Å²) in [6, 6.07) is 11.9. The van der Waals surface area contributed by atoms with Crippen LogP contribution in [0.2, 0.25) is 0 Å². The molecule has 0 atom stereocenters. The van der Waals surface area contributed by atoms with E-state index in [0.29, 0.717) is 24.0 Å². The Labute approximate surface area is 133 Å². The van der Waals surface area contributed by atoms with E-state index >= 15 is 0 Å². The van der Waals surface area contributed by atoms with Gasteiger partial charge in [-0.3, -0.25) is 4.98 Å². The number of halogens is 1. The molecule has 6 heteroatoms. The number of benzene rings is 1. The second-order valence-corrected chi connectivity index (χ2v) is 5.06. The van der Waals surface area contributed by atoms with Gasteiger partial charge in [0.25, 0.3) is 0 Å². The largest absolute Gasteiger partial charge is 0.366 e. The highest BCUT2D eigenvalue weighted by molar-refractivity contribution is 5.55. The molecule has 0 aliphatic heterocycles. The molecule has 2 aromatic heterocycles. The van der Waals surface area contributed by atoms with Gasteiger partial charge in [-0.15, -0.1) is 0 Å². The monoisotopic (exact) mass is 309 g/mol. The normalized spacial score (nSPS) is 10.3. The average Bonchev–Trinajstić information content (AvgIpc) is 2.53. The molecule has 3 rings (SSSR count). The number of pyridine rings is 1. The Bertz CT molecular complexity index is 792. The van der Waals surface area contributed by atoms with Crippen LogP contribution < -0.4 is 10.6 Å². The lowest BCUT2D eigenvalue weighted by Crippen LogP contribution is -2.05. The zero-order valence-electron chi connectivity index (χ0n) is 12.6. The minimum atomic E-state index is -0.307. The second-order valence-electron chi connectivity index (χ2n) is 5.06. The Balaban J connectivity index is 1.73. The van der Waals surface area contributed by atoms with Crippen LogP contribution in [0.1, 0.15) is 11.3 Å². The van der Waals surface area contributed by atoms with Gasteiger partial charge in [-0.2, -0.15) is 4.98 Å². The predicted molar refractivity (Wildman–Crippen MR) is 88.0 cm³/mol. The highest BCUT2D eigenvalue weighted by Gasteiger charge is 2.04. The van der Waals surface area contributed by atoms with Gasteiger partial charge >= 0.3 is 0 Å². The fourth-order valence-corrected chi connectivity index (χ4v) is 2.10. The molecule has 116 valence electrons. The summed E-state index contributed by atoms with van der Waals surface area (Å²) in [6.45, 7) is 2.52. The Morgan fingerprint density at radius 2 is 1.87 bits per heavy atom. The number of rotatable bonds is 5. The van der Waals surface area contributed by atoms with Crippen molar-refractivity contribution in [2.75, 3.05) is 10.6 Å². The fourth-order valence-electron chi connectivity index (χ4n) is 2.10. The number of nitrogens with zero attached hydrogens (tertiary/aromatic N) is 3. The third-order valence-electron chi connectivity index (χ3n) is 3.16. The van der Waals surface area contributed by atoms with Crippen molar-refractivity contribution >= 4 is 17.5 Å². The summed E-state index contributed by atoms with van der Waals surface area (Å²) >= 11 is 0. The third-order valence-corrected chi connectivity index (χ3v) is 3.16. The minimum absolute atomic E-state index is 0.307. The summed E-state index contributed by atoms with van der Waals surface area (Å²) < 4.78 is 13.2. The van der Waals surface area contributed by atoms with Gasteiger partial charge in [-0.1, -0.05) is 6.07 Å².